The van der Waals surface area contributed by atoms with Crippen LogP contribution in [0.25, 0.3) is 6.08 Å². The first-order chi connectivity index (χ1) is 11.8. The Hall–Kier alpha value is -2.65. The van der Waals surface area contributed by atoms with Gasteiger partial charge in [-0.25, -0.2) is 4.39 Å². The Bertz CT molecular complexity index is 967. The van der Waals surface area contributed by atoms with Gasteiger partial charge in [0.15, 0.2) is 0 Å². The first kappa shape index (κ1) is 17.2. The SMILES string of the molecule is O=C1NC(=O)/C(=C\c2ccc(OS(=O)(=O)c3ccc(F)cc3)cc2)S1. The molecule has 1 heterocycles. The number of hydrogen-bond donors (Lipinski definition) is 1. The second-order valence-electron chi connectivity index (χ2n) is 4.91. The predicted molar refractivity (Wildman–Crippen MR) is 89.8 cm³/mol. The topological polar surface area (TPSA) is 89.5 Å². The molecule has 0 aromatic heterocycles. The Balaban J connectivity index is 1.77. The maximum atomic E-state index is 12.9. The van der Waals surface area contributed by atoms with Crippen molar-refractivity contribution < 1.29 is 26.6 Å². The molecule has 0 unspecified atom stereocenters. The van der Waals surface area contributed by atoms with Gasteiger partial charge >= 0.3 is 10.1 Å². The maximum Gasteiger partial charge on any atom is 0.339 e. The van der Waals surface area contributed by atoms with Crippen LogP contribution in [0.1, 0.15) is 5.56 Å². The van der Waals surface area contributed by atoms with E-state index in [1.54, 1.807) is 12.1 Å². The second-order valence-corrected chi connectivity index (χ2v) is 7.47. The lowest BCUT2D eigenvalue weighted by molar-refractivity contribution is -0.115. The van der Waals surface area contributed by atoms with Gasteiger partial charge in [0.05, 0.1) is 4.91 Å². The molecule has 3 rings (SSSR count). The van der Waals surface area contributed by atoms with E-state index in [4.69, 9.17) is 4.18 Å². The highest BCUT2D eigenvalue weighted by Gasteiger charge is 2.25. The Morgan fingerprint density at radius 2 is 1.64 bits per heavy atom. The minimum absolute atomic E-state index is 0.0612. The summed E-state index contributed by atoms with van der Waals surface area (Å²) in [6, 6.07) is 10.2. The molecule has 0 spiro atoms. The van der Waals surface area contributed by atoms with Crippen molar-refractivity contribution in [2.24, 2.45) is 0 Å². The third-order valence-electron chi connectivity index (χ3n) is 3.13. The summed E-state index contributed by atoms with van der Waals surface area (Å²) in [6.45, 7) is 0. The van der Waals surface area contributed by atoms with Gasteiger partial charge in [0, 0.05) is 0 Å². The summed E-state index contributed by atoms with van der Waals surface area (Å²) in [5, 5.41) is 1.69. The van der Waals surface area contributed by atoms with E-state index in [-0.39, 0.29) is 15.6 Å². The summed E-state index contributed by atoms with van der Waals surface area (Å²) < 4.78 is 42.1. The highest BCUT2D eigenvalue weighted by molar-refractivity contribution is 8.18. The minimum Gasteiger partial charge on any atom is -0.379 e. The number of nitrogens with one attached hydrogen (secondary N) is 1. The zero-order valence-electron chi connectivity index (χ0n) is 12.4. The van der Waals surface area contributed by atoms with Crippen LogP contribution < -0.4 is 9.50 Å². The molecule has 0 saturated carbocycles. The third-order valence-corrected chi connectivity index (χ3v) is 5.20. The smallest absolute Gasteiger partial charge is 0.339 e. The molecule has 2 aromatic carbocycles. The van der Waals surface area contributed by atoms with Crippen molar-refractivity contribution in [3.63, 3.8) is 0 Å². The fraction of sp³-hybridized carbons (Fsp3) is 0. The molecule has 1 aliphatic heterocycles. The van der Waals surface area contributed by atoms with E-state index in [1.165, 1.54) is 18.2 Å². The first-order valence-electron chi connectivity index (χ1n) is 6.88. The lowest BCUT2D eigenvalue weighted by Gasteiger charge is -2.07. The quantitative estimate of drug-likeness (QED) is 0.649. The number of rotatable bonds is 4. The van der Waals surface area contributed by atoms with Gasteiger partial charge in [0.1, 0.15) is 16.5 Å². The fourth-order valence-electron chi connectivity index (χ4n) is 1.97. The van der Waals surface area contributed by atoms with E-state index in [2.05, 4.69) is 5.32 Å². The molecule has 0 aliphatic carbocycles. The molecule has 128 valence electrons. The summed E-state index contributed by atoms with van der Waals surface area (Å²) in [5.41, 5.74) is 0.596. The molecule has 0 bridgehead atoms. The molecule has 6 nitrogen and oxygen atoms in total. The summed E-state index contributed by atoms with van der Waals surface area (Å²) >= 11 is 0.785. The molecule has 25 heavy (non-hydrogen) atoms. The zero-order valence-corrected chi connectivity index (χ0v) is 14.1. The lowest BCUT2D eigenvalue weighted by Crippen LogP contribution is -2.17. The standard InChI is InChI=1S/C16H10FNO5S2/c17-11-3-7-13(8-4-11)25(21,22)23-12-5-1-10(2-6-12)9-14-15(19)18-16(20)24-14/h1-9H,(H,18,19,20)/b14-9+. The van der Waals surface area contributed by atoms with Gasteiger partial charge in [-0.3, -0.25) is 14.9 Å². The summed E-state index contributed by atoms with van der Waals surface area (Å²) in [5.74, 6) is -0.969. The van der Waals surface area contributed by atoms with Crippen molar-refractivity contribution in [3.8, 4) is 5.75 Å². The van der Waals surface area contributed by atoms with E-state index in [0.29, 0.717) is 5.56 Å². The van der Waals surface area contributed by atoms with Crippen LogP contribution in [0.3, 0.4) is 0 Å². The van der Waals surface area contributed by atoms with Gasteiger partial charge in [0.2, 0.25) is 0 Å². The first-order valence-corrected chi connectivity index (χ1v) is 9.11. The third kappa shape index (κ3) is 4.06. The number of carbonyl (C=O) groups is 2. The van der Waals surface area contributed by atoms with Crippen molar-refractivity contribution in [1.82, 2.24) is 5.32 Å². The molecule has 2 amide bonds. The van der Waals surface area contributed by atoms with Crippen LogP contribution in [0.5, 0.6) is 5.75 Å². The molecule has 9 heteroatoms. The Labute approximate surface area is 146 Å². The Kier molecular flexibility index (Phi) is 4.60. The van der Waals surface area contributed by atoms with Crippen LogP contribution in [-0.2, 0) is 14.9 Å². The molecule has 2 aromatic rings. The number of thioether (sulfide) groups is 1. The largest absolute Gasteiger partial charge is 0.379 e. The molecule has 1 fully saturated rings. The predicted octanol–water partition coefficient (Wildman–Crippen LogP) is 2.92. The summed E-state index contributed by atoms with van der Waals surface area (Å²) in [6.07, 6.45) is 1.50. The fourth-order valence-corrected chi connectivity index (χ4v) is 3.58. The lowest BCUT2D eigenvalue weighted by atomic mass is 10.2. The van der Waals surface area contributed by atoms with Crippen molar-refractivity contribution in [2.45, 2.75) is 4.90 Å². The van der Waals surface area contributed by atoms with E-state index in [9.17, 15) is 22.4 Å². The van der Waals surface area contributed by atoms with Crippen LogP contribution >= 0.6 is 11.8 Å². The average Bonchev–Trinajstić information content (AvgIpc) is 2.87. The van der Waals surface area contributed by atoms with E-state index < -0.39 is 27.1 Å². The van der Waals surface area contributed by atoms with Gasteiger partial charge in [-0.05, 0) is 59.8 Å². The molecule has 1 aliphatic rings. The van der Waals surface area contributed by atoms with Gasteiger partial charge < -0.3 is 4.18 Å². The summed E-state index contributed by atoms with van der Waals surface area (Å²) in [7, 11) is -4.08. The number of halogens is 1. The highest BCUT2D eigenvalue weighted by Crippen LogP contribution is 2.26. The maximum absolute atomic E-state index is 12.9. The van der Waals surface area contributed by atoms with Crippen LogP contribution in [-0.4, -0.2) is 19.6 Å². The van der Waals surface area contributed by atoms with Crippen LogP contribution in [0.2, 0.25) is 0 Å². The Morgan fingerprint density at radius 1 is 1.00 bits per heavy atom. The normalized spacial score (nSPS) is 16.1. The van der Waals surface area contributed by atoms with Crippen molar-refractivity contribution in [2.75, 3.05) is 0 Å². The molecular formula is C16H10FNO5S2. The number of carbonyl (C=O) groups excluding carboxylic acids is 2. The van der Waals surface area contributed by atoms with Gasteiger partial charge in [0.25, 0.3) is 11.1 Å². The molecular weight excluding hydrogens is 369 g/mol. The van der Waals surface area contributed by atoms with Crippen LogP contribution in [0.4, 0.5) is 9.18 Å². The second kappa shape index (κ2) is 6.69. The van der Waals surface area contributed by atoms with Crippen molar-refractivity contribution >= 4 is 39.1 Å². The number of benzene rings is 2. The van der Waals surface area contributed by atoms with E-state index in [1.807, 2.05) is 0 Å². The average molecular weight is 379 g/mol. The number of hydrogen-bond acceptors (Lipinski definition) is 6. The van der Waals surface area contributed by atoms with Crippen molar-refractivity contribution in [3.05, 3.63) is 64.8 Å². The molecule has 1 N–H and O–H groups in total. The van der Waals surface area contributed by atoms with Crippen molar-refractivity contribution in [1.29, 1.82) is 0 Å². The van der Waals surface area contributed by atoms with Crippen LogP contribution in [0, 0.1) is 5.82 Å². The van der Waals surface area contributed by atoms with E-state index in [0.717, 1.165) is 36.0 Å². The monoisotopic (exact) mass is 379 g/mol. The van der Waals surface area contributed by atoms with Gasteiger partial charge in [-0.15, -0.1) is 0 Å². The molecule has 0 radical (unpaired) electrons. The number of imide groups is 1. The minimum atomic E-state index is -4.08. The van der Waals surface area contributed by atoms with E-state index >= 15 is 0 Å². The van der Waals surface area contributed by atoms with Gasteiger partial charge in [-0.2, -0.15) is 8.42 Å². The summed E-state index contributed by atoms with van der Waals surface area (Å²) in [4.78, 5) is 22.7. The van der Waals surface area contributed by atoms with Crippen LogP contribution in [0.15, 0.2) is 58.3 Å². The number of amides is 2. The molecule has 1 saturated heterocycles. The Morgan fingerprint density at radius 3 is 2.20 bits per heavy atom. The zero-order chi connectivity index (χ0) is 18.0. The van der Waals surface area contributed by atoms with Gasteiger partial charge in [-0.1, -0.05) is 12.1 Å². The highest BCUT2D eigenvalue weighted by atomic mass is 32.2. The molecule has 0 atom stereocenters.